The Morgan fingerprint density at radius 3 is 2.67 bits per heavy atom. The molecule has 10 heteroatoms. The van der Waals surface area contributed by atoms with E-state index in [9.17, 15) is 17.2 Å². The molecule has 0 amide bonds. The number of sulfonamides is 1. The third-order valence-electron chi connectivity index (χ3n) is 5.00. The number of morpholine rings is 1. The van der Waals surface area contributed by atoms with Crippen molar-refractivity contribution in [2.24, 2.45) is 0 Å². The number of halogens is 2. The van der Waals surface area contributed by atoms with Gasteiger partial charge >= 0.3 is 0 Å². The van der Waals surface area contributed by atoms with Crippen molar-refractivity contribution in [2.75, 3.05) is 26.3 Å². The quantitative estimate of drug-likeness (QED) is 0.533. The van der Waals surface area contributed by atoms with Crippen LogP contribution in [0, 0.1) is 11.6 Å². The van der Waals surface area contributed by atoms with Gasteiger partial charge in [-0.1, -0.05) is 23.9 Å². The van der Waals surface area contributed by atoms with Crippen LogP contribution >= 0.6 is 11.8 Å². The van der Waals surface area contributed by atoms with Gasteiger partial charge in [0.2, 0.25) is 10.0 Å². The first-order valence-electron chi connectivity index (χ1n) is 9.55. The Labute approximate surface area is 177 Å². The predicted molar refractivity (Wildman–Crippen MR) is 111 cm³/mol. The first-order valence-corrected chi connectivity index (χ1v) is 12.0. The molecular weight excluding hydrogens is 432 g/mol. The maximum Gasteiger partial charge on any atom is 0.243 e. The predicted octanol–water partition coefficient (Wildman–Crippen LogP) is 3.65. The van der Waals surface area contributed by atoms with Crippen LogP contribution in [-0.4, -0.2) is 48.6 Å². The molecule has 30 heavy (non-hydrogen) atoms. The van der Waals surface area contributed by atoms with E-state index in [-0.39, 0.29) is 16.2 Å². The molecule has 1 aromatic heterocycles. The maximum atomic E-state index is 14.0. The summed E-state index contributed by atoms with van der Waals surface area (Å²) < 4.78 is 61.8. The summed E-state index contributed by atoms with van der Waals surface area (Å²) in [6.07, 6.45) is 0. The summed E-state index contributed by atoms with van der Waals surface area (Å²) in [7, 11) is -3.62. The molecule has 1 aliphatic heterocycles. The fourth-order valence-electron chi connectivity index (χ4n) is 3.40. The monoisotopic (exact) mass is 453 g/mol. The molecule has 2 aromatic carbocycles. The molecule has 0 aliphatic carbocycles. The minimum Gasteiger partial charge on any atom is -0.379 e. The topological polar surface area (TPSA) is 64.4 Å². The lowest BCUT2D eigenvalue weighted by molar-refractivity contribution is 0.0730. The van der Waals surface area contributed by atoms with Gasteiger partial charge in [-0.25, -0.2) is 22.2 Å². The molecule has 0 unspecified atom stereocenters. The van der Waals surface area contributed by atoms with E-state index < -0.39 is 21.7 Å². The molecule has 1 fully saturated rings. The van der Waals surface area contributed by atoms with Crippen LogP contribution in [0.25, 0.3) is 11.0 Å². The largest absolute Gasteiger partial charge is 0.379 e. The summed E-state index contributed by atoms with van der Waals surface area (Å²) in [5.41, 5.74) is 1.60. The van der Waals surface area contributed by atoms with Gasteiger partial charge in [-0.2, -0.15) is 4.31 Å². The normalized spacial score (nSPS) is 15.7. The lowest BCUT2D eigenvalue weighted by Crippen LogP contribution is -2.40. The number of imidazole rings is 1. The molecule has 0 N–H and O–H groups in total. The van der Waals surface area contributed by atoms with Gasteiger partial charge in [0, 0.05) is 31.0 Å². The smallest absolute Gasteiger partial charge is 0.243 e. The van der Waals surface area contributed by atoms with Crippen molar-refractivity contribution < 1.29 is 21.9 Å². The van der Waals surface area contributed by atoms with Crippen molar-refractivity contribution in [3.63, 3.8) is 0 Å². The van der Waals surface area contributed by atoms with Crippen molar-refractivity contribution in [3.8, 4) is 0 Å². The SMILES string of the molecule is CCn1c(SCc2cccc(F)c2F)nc2cc(S(=O)(=O)N3CCOCC3)ccc21. The highest BCUT2D eigenvalue weighted by atomic mass is 32.2. The number of nitrogens with zero attached hydrogens (tertiary/aromatic N) is 3. The average molecular weight is 454 g/mol. The summed E-state index contributed by atoms with van der Waals surface area (Å²) >= 11 is 1.28. The lowest BCUT2D eigenvalue weighted by Gasteiger charge is -2.26. The fraction of sp³-hybridized carbons (Fsp3) is 0.350. The summed E-state index contributed by atoms with van der Waals surface area (Å²) in [6.45, 7) is 3.97. The highest BCUT2D eigenvalue weighted by Gasteiger charge is 2.27. The molecule has 4 rings (SSSR count). The summed E-state index contributed by atoms with van der Waals surface area (Å²) in [4.78, 5) is 4.76. The van der Waals surface area contributed by atoms with Crippen LogP contribution in [-0.2, 0) is 27.1 Å². The molecule has 0 spiro atoms. The molecular formula is C20H21F2N3O3S2. The molecule has 3 aromatic rings. The number of aromatic nitrogens is 2. The Hall–Kier alpha value is -2.01. The molecule has 0 radical (unpaired) electrons. The zero-order chi connectivity index (χ0) is 21.3. The fourth-order valence-corrected chi connectivity index (χ4v) is 5.88. The van der Waals surface area contributed by atoms with Crippen LogP contribution in [0.15, 0.2) is 46.5 Å². The van der Waals surface area contributed by atoms with E-state index in [4.69, 9.17) is 4.74 Å². The van der Waals surface area contributed by atoms with Crippen molar-refractivity contribution in [3.05, 3.63) is 53.6 Å². The van der Waals surface area contributed by atoms with E-state index in [1.165, 1.54) is 28.2 Å². The molecule has 160 valence electrons. The summed E-state index contributed by atoms with van der Waals surface area (Å²) in [6, 6.07) is 8.99. The van der Waals surface area contributed by atoms with Crippen molar-refractivity contribution in [1.29, 1.82) is 0 Å². The van der Waals surface area contributed by atoms with Gasteiger partial charge in [0.15, 0.2) is 16.8 Å². The van der Waals surface area contributed by atoms with Gasteiger partial charge in [0.05, 0.1) is 29.1 Å². The van der Waals surface area contributed by atoms with Crippen molar-refractivity contribution in [2.45, 2.75) is 29.3 Å². The standard InChI is InChI=1S/C20H21F2N3O3S2/c1-2-25-18-7-6-15(30(26,27)24-8-10-28-11-9-24)12-17(18)23-20(25)29-13-14-4-3-5-16(21)19(14)22/h3-7,12H,2,8-11,13H2,1H3. The number of ether oxygens (including phenoxy) is 1. The Morgan fingerprint density at radius 1 is 1.17 bits per heavy atom. The van der Waals surface area contributed by atoms with Crippen LogP contribution in [0.3, 0.4) is 0 Å². The number of benzene rings is 2. The van der Waals surface area contributed by atoms with E-state index in [0.29, 0.717) is 43.5 Å². The number of thioether (sulfide) groups is 1. The minimum absolute atomic E-state index is 0.186. The lowest BCUT2D eigenvalue weighted by atomic mass is 10.2. The van der Waals surface area contributed by atoms with E-state index in [1.807, 2.05) is 11.5 Å². The second-order valence-electron chi connectivity index (χ2n) is 6.81. The van der Waals surface area contributed by atoms with Crippen LogP contribution in [0.5, 0.6) is 0 Å². The number of hydrogen-bond acceptors (Lipinski definition) is 5. The minimum atomic E-state index is -3.62. The second-order valence-corrected chi connectivity index (χ2v) is 9.69. The molecule has 6 nitrogen and oxygen atoms in total. The number of hydrogen-bond donors (Lipinski definition) is 0. The van der Waals surface area contributed by atoms with Gasteiger partial charge in [-0.05, 0) is 31.2 Å². The number of aryl methyl sites for hydroxylation is 1. The van der Waals surface area contributed by atoms with E-state index in [2.05, 4.69) is 4.98 Å². The Kier molecular flexibility index (Phi) is 6.10. The van der Waals surface area contributed by atoms with E-state index >= 15 is 0 Å². The Bertz CT molecular complexity index is 1180. The highest BCUT2D eigenvalue weighted by Crippen LogP contribution is 2.30. The molecule has 2 heterocycles. The van der Waals surface area contributed by atoms with Crippen LogP contribution in [0.2, 0.25) is 0 Å². The Morgan fingerprint density at radius 2 is 1.93 bits per heavy atom. The van der Waals surface area contributed by atoms with Gasteiger partial charge in [0.25, 0.3) is 0 Å². The first-order chi connectivity index (χ1) is 14.4. The first kappa shape index (κ1) is 21.2. The molecule has 0 atom stereocenters. The third-order valence-corrected chi connectivity index (χ3v) is 7.92. The Balaban J connectivity index is 1.64. The van der Waals surface area contributed by atoms with Gasteiger partial charge < -0.3 is 9.30 Å². The van der Waals surface area contributed by atoms with Crippen molar-refractivity contribution in [1.82, 2.24) is 13.9 Å². The third kappa shape index (κ3) is 3.96. The molecule has 0 saturated carbocycles. The summed E-state index contributed by atoms with van der Waals surface area (Å²) in [5, 5.41) is 0.622. The van der Waals surface area contributed by atoms with Gasteiger partial charge in [-0.15, -0.1) is 0 Å². The number of rotatable bonds is 6. The van der Waals surface area contributed by atoms with Crippen molar-refractivity contribution >= 4 is 32.8 Å². The van der Waals surface area contributed by atoms with Gasteiger partial charge in [-0.3, -0.25) is 0 Å². The zero-order valence-electron chi connectivity index (χ0n) is 16.3. The molecule has 1 saturated heterocycles. The van der Waals surface area contributed by atoms with Crippen LogP contribution < -0.4 is 0 Å². The van der Waals surface area contributed by atoms with E-state index in [0.717, 1.165) is 11.6 Å². The van der Waals surface area contributed by atoms with Crippen LogP contribution in [0.1, 0.15) is 12.5 Å². The number of fused-ring (bicyclic) bond motifs is 1. The summed E-state index contributed by atoms with van der Waals surface area (Å²) in [5.74, 6) is -1.52. The average Bonchev–Trinajstić information content (AvgIpc) is 3.12. The second kappa shape index (κ2) is 8.62. The van der Waals surface area contributed by atoms with Gasteiger partial charge in [0.1, 0.15) is 0 Å². The van der Waals surface area contributed by atoms with E-state index in [1.54, 1.807) is 18.2 Å². The van der Waals surface area contributed by atoms with Crippen LogP contribution in [0.4, 0.5) is 8.78 Å². The molecule has 0 bridgehead atoms. The molecule has 1 aliphatic rings. The highest BCUT2D eigenvalue weighted by molar-refractivity contribution is 7.98. The maximum absolute atomic E-state index is 14.0. The zero-order valence-corrected chi connectivity index (χ0v) is 18.0.